The molecule has 2 aromatic rings. The molecule has 0 saturated heterocycles. The molecule has 0 aliphatic rings. The number of aromatic nitrogens is 2. The molecule has 2 rings (SSSR count). The maximum Gasteiger partial charge on any atom is 0.326 e. The lowest BCUT2D eigenvalue weighted by Crippen LogP contribution is -2.36. The Bertz CT molecular complexity index is 585. The number of hydrogen-bond acceptors (Lipinski definition) is 7. The van der Waals surface area contributed by atoms with Crippen LogP contribution < -0.4 is 5.32 Å². The zero-order chi connectivity index (χ0) is 15.1. The molecule has 1 amide bonds. The molecule has 2 aromatic heterocycles. The number of nitrogens with one attached hydrogen (secondary N) is 1. The average molecular weight is 327 g/mol. The molecule has 1 unspecified atom stereocenters. The van der Waals surface area contributed by atoms with Gasteiger partial charge in [0.25, 0.3) is 5.89 Å². The highest BCUT2D eigenvalue weighted by atomic mass is 32.2. The Morgan fingerprint density at radius 2 is 2.43 bits per heavy atom. The standard InChI is InChI=1S/C12H13N3O4S2/c16-7-13-8(12(17)18)3-5-20-6-10-14-15-11(19-10)9-2-1-4-21-9/h1-2,4,7-8H,3,5-6H2,(H,13,16)(H,17,18). The average Bonchev–Trinajstić information content (AvgIpc) is 3.12. The fourth-order valence-corrected chi connectivity index (χ4v) is 3.01. The van der Waals surface area contributed by atoms with Crippen LogP contribution in [0.2, 0.25) is 0 Å². The lowest BCUT2D eigenvalue weighted by atomic mass is 10.2. The van der Waals surface area contributed by atoms with Gasteiger partial charge >= 0.3 is 5.97 Å². The van der Waals surface area contributed by atoms with Crippen LogP contribution in [0.3, 0.4) is 0 Å². The summed E-state index contributed by atoms with van der Waals surface area (Å²) in [5.74, 6) is 1.02. The molecule has 7 nitrogen and oxygen atoms in total. The van der Waals surface area contributed by atoms with Gasteiger partial charge < -0.3 is 14.8 Å². The molecule has 2 heterocycles. The molecule has 0 aliphatic heterocycles. The highest BCUT2D eigenvalue weighted by Gasteiger charge is 2.16. The molecule has 0 radical (unpaired) electrons. The van der Waals surface area contributed by atoms with Crippen LogP contribution in [0.25, 0.3) is 10.8 Å². The second-order valence-electron chi connectivity index (χ2n) is 3.99. The van der Waals surface area contributed by atoms with Gasteiger partial charge in [-0.15, -0.1) is 21.5 Å². The minimum absolute atomic E-state index is 0.338. The fourth-order valence-electron chi connectivity index (χ4n) is 1.53. The second kappa shape index (κ2) is 7.79. The number of aliphatic carboxylic acids is 1. The lowest BCUT2D eigenvalue weighted by Gasteiger charge is -2.09. The number of rotatable bonds is 9. The summed E-state index contributed by atoms with van der Waals surface area (Å²) in [4.78, 5) is 22.0. The maximum absolute atomic E-state index is 10.8. The van der Waals surface area contributed by atoms with Crippen molar-refractivity contribution in [1.29, 1.82) is 0 Å². The zero-order valence-corrected chi connectivity index (χ0v) is 12.5. The van der Waals surface area contributed by atoms with Crippen LogP contribution in [0.1, 0.15) is 12.3 Å². The molecule has 0 saturated carbocycles. The van der Waals surface area contributed by atoms with Crippen LogP contribution in [-0.4, -0.2) is 39.5 Å². The van der Waals surface area contributed by atoms with Gasteiger partial charge in [0.2, 0.25) is 12.3 Å². The van der Waals surface area contributed by atoms with E-state index in [4.69, 9.17) is 9.52 Å². The lowest BCUT2D eigenvalue weighted by molar-refractivity contribution is -0.140. The number of carbonyl (C=O) groups is 2. The first kappa shape index (κ1) is 15.5. The van der Waals surface area contributed by atoms with Crippen molar-refractivity contribution in [3.05, 3.63) is 23.4 Å². The minimum atomic E-state index is -1.04. The molecule has 2 N–H and O–H groups in total. The van der Waals surface area contributed by atoms with Crippen LogP contribution in [0.4, 0.5) is 0 Å². The van der Waals surface area contributed by atoms with Crippen molar-refractivity contribution in [2.45, 2.75) is 18.2 Å². The normalized spacial score (nSPS) is 12.0. The molecule has 9 heteroatoms. The number of carboxylic acids is 1. The van der Waals surface area contributed by atoms with Gasteiger partial charge in [-0.3, -0.25) is 4.79 Å². The van der Waals surface area contributed by atoms with Gasteiger partial charge in [-0.1, -0.05) is 6.07 Å². The SMILES string of the molecule is O=CNC(CCSCc1nnc(-c2cccs2)o1)C(=O)O. The molecular formula is C12H13N3O4S2. The van der Waals surface area contributed by atoms with Gasteiger partial charge in [-0.25, -0.2) is 4.79 Å². The molecular weight excluding hydrogens is 314 g/mol. The maximum atomic E-state index is 10.8. The van der Waals surface area contributed by atoms with Gasteiger partial charge in [0.15, 0.2) is 0 Å². The van der Waals surface area contributed by atoms with Crippen LogP contribution in [0.5, 0.6) is 0 Å². The predicted octanol–water partition coefficient (Wildman–Crippen LogP) is 1.62. The van der Waals surface area contributed by atoms with Gasteiger partial charge in [0.1, 0.15) is 6.04 Å². The molecule has 0 aliphatic carbocycles. The summed E-state index contributed by atoms with van der Waals surface area (Å²) in [5, 5.41) is 20.9. The van der Waals surface area contributed by atoms with Crippen molar-refractivity contribution in [3.63, 3.8) is 0 Å². The Morgan fingerprint density at radius 1 is 1.57 bits per heavy atom. The second-order valence-corrected chi connectivity index (χ2v) is 6.05. The van der Waals surface area contributed by atoms with E-state index < -0.39 is 12.0 Å². The van der Waals surface area contributed by atoms with Crippen molar-refractivity contribution < 1.29 is 19.1 Å². The molecule has 0 aromatic carbocycles. The number of carboxylic acid groups (broad SMARTS) is 1. The number of hydrogen-bond donors (Lipinski definition) is 2. The summed E-state index contributed by atoms with van der Waals surface area (Å²) in [6.07, 6.45) is 0.736. The first-order valence-corrected chi connectivity index (χ1v) is 8.10. The van der Waals surface area contributed by atoms with Crippen LogP contribution in [0, 0.1) is 0 Å². The van der Waals surface area contributed by atoms with E-state index in [2.05, 4.69) is 15.5 Å². The van der Waals surface area contributed by atoms with E-state index in [0.717, 1.165) is 4.88 Å². The topological polar surface area (TPSA) is 105 Å². The van der Waals surface area contributed by atoms with Gasteiger partial charge in [-0.2, -0.15) is 11.8 Å². The van der Waals surface area contributed by atoms with Crippen molar-refractivity contribution in [1.82, 2.24) is 15.5 Å². The van der Waals surface area contributed by atoms with Gasteiger partial charge in [-0.05, 0) is 23.6 Å². The summed E-state index contributed by atoms with van der Waals surface area (Å²) in [5.41, 5.74) is 0. The molecule has 0 fully saturated rings. The highest BCUT2D eigenvalue weighted by Crippen LogP contribution is 2.24. The Morgan fingerprint density at radius 3 is 3.10 bits per heavy atom. The highest BCUT2D eigenvalue weighted by molar-refractivity contribution is 7.98. The largest absolute Gasteiger partial charge is 0.480 e. The number of amides is 1. The van der Waals surface area contributed by atoms with E-state index in [1.54, 1.807) is 0 Å². The summed E-state index contributed by atoms with van der Waals surface area (Å²) in [6.45, 7) is 0. The van der Waals surface area contributed by atoms with Gasteiger partial charge in [0, 0.05) is 0 Å². The quantitative estimate of drug-likeness (QED) is 0.532. The third kappa shape index (κ3) is 4.57. The molecule has 0 bridgehead atoms. The summed E-state index contributed by atoms with van der Waals surface area (Å²) < 4.78 is 5.51. The first-order chi connectivity index (χ1) is 10.2. The van der Waals surface area contributed by atoms with Crippen molar-refractivity contribution >= 4 is 35.5 Å². The van der Waals surface area contributed by atoms with Crippen LogP contribution >= 0.6 is 23.1 Å². The molecule has 1 atom stereocenters. The number of thioether (sulfide) groups is 1. The predicted molar refractivity (Wildman–Crippen MR) is 79.0 cm³/mol. The fraction of sp³-hybridized carbons (Fsp3) is 0.333. The van der Waals surface area contributed by atoms with Gasteiger partial charge in [0.05, 0.1) is 10.6 Å². The van der Waals surface area contributed by atoms with E-state index >= 15 is 0 Å². The van der Waals surface area contributed by atoms with E-state index in [9.17, 15) is 9.59 Å². The van der Waals surface area contributed by atoms with Crippen LogP contribution in [-0.2, 0) is 15.3 Å². The third-order valence-corrected chi connectivity index (χ3v) is 4.38. The monoisotopic (exact) mass is 327 g/mol. The summed E-state index contributed by atoms with van der Waals surface area (Å²) in [7, 11) is 0. The van der Waals surface area contributed by atoms with Crippen molar-refractivity contribution in [2.24, 2.45) is 0 Å². The number of carbonyl (C=O) groups excluding carboxylic acids is 1. The molecule has 112 valence electrons. The van der Waals surface area contributed by atoms with E-state index in [1.807, 2.05) is 17.5 Å². The Balaban J connectivity index is 1.76. The van der Waals surface area contributed by atoms with Crippen molar-refractivity contribution in [2.75, 3.05) is 5.75 Å². The van der Waals surface area contributed by atoms with Crippen LogP contribution in [0.15, 0.2) is 21.9 Å². The van der Waals surface area contributed by atoms with E-state index in [1.165, 1.54) is 23.1 Å². The summed E-state index contributed by atoms with van der Waals surface area (Å²) >= 11 is 3.00. The first-order valence-electron chi connectivity index (χ1n) is 6.07. The molecule has 0 spiro atoms. The Labute approximate surface area is 128 Å². The van der Waals surface area contributed by atoms with E-state index in [0.29, 0.717) is 36.1 Å². The third-order valence-electron chi connectivity index (χ3n) is 2.54. The van der Waals surface area contributed by atoms with E-state index in [-0.39, 0.29) is 0 Å². The zero-order valence-electron chi connectivity index (χ0n) is 10.9. The smallest absolute Gasteiger partial charge is 0.326 e. The minimum Gasteiger partial charge on any atom is -0.480 e. The number of thiophene rings is 1. The Kier molecular flexibility index (Phi) is 5.76. The number of nitrogens with zero attached hydrogens (tertiary/aromatic N) is 2. The molecule has 21 heavy (non-hydrogen) atoms. The van der Waals surface area contributed by atoms with Crippen molar-refractivity contribution in [3.8, 4) is 10.8 Å². The Hall–Kier alpha value is -1.87. The summed E-state index contributed by atoms with van der Waals surface area (Å²) in [6, 6.07) is 2.95.